The van der Waals surface area contributed by atoms with Crippen LogP contribution in [0.25, 0.3) is 0 Å². The molecule has 0 heterocycles. The fraction of sp³-hybridized carbons (Fsp3) is 0.917. The molecular weight excluding hydrogens is 234 g/mol. The molecule has 0 atom stereocenters. The number of nitrogens with zero attached hydrogens (tertiary/aromatic N) is 1. The van der Waals surface area contributed by atoms with Gasteiger partial charge in [-0.3, -0.25) is 4.99 Å². The summed E-state index contributed by atoms with van der Waals surface area (Å²) < 4.78 is 16.1. The number of hydrogen-bond donors (Lipinski definition) is 0. The van der Waals surface area contributed by atoms with Gasteiger partial charge < -0.3 is 13.3 Å². The summed E-state index contributed by atoms with van der Waals surface area (Å²) in [7, 11) is 2.55. The summed E-state index contributed by atoms with van der Waals surface area (Å²) in [6.07, 6.45) is 2.01. The van der Waals surface area contributed by atoms with Crippen LogP contribution in [0.4, 0.5) is 0 Å². The molecule has 0 radical (unpaired) electrons. The molecule has 102 valence electrons. The predicted molar refractivity (Wildman–Crippen MR) is 73.6 cm³/mol. The Bertz CT molecular complexity index is 220. The van der Waals surface area contributed by atoms with E-state index in [1.54, 1.807) is 21.3 Å². The van der Waals surface area contributed by atoms with Crippen LogP contribution in [0, 0.1) is 5.92 Å². The Labute approximate surface area is 107 Å². The lowest BCUT2D eigenvalue weighted by molar-refractivity contribution is 0.123. The molecule has 0 unspecified atom stereocenters. The Kier molecular flexibility index (Phi) is 8.68. The lowest BCUT2D eigenvalue weighted by Crippen LogP contribution is -2.42. The average Bonchev–Trinajstić information content (AvgIpc) is 2.29. The van der Waals surface area contributed by atoms with Crippen molar-refractivity contribution in [3.05, 3.63) is 0 Å². The number of hydrogen-bond acceptors (Lipinski definition) is 4. The third-order valence-corrected chi connectivity index (χ3v) is 5.49. The highest BCUT2D eigenvalue weighted by atomic mass is 28.4. The summed E-state index contributed by atoms with van der Waals surface area (Å²) in [4.78, 5) is 4.54. The number of rotatable bonds is 9. The summed E-state index contributed by atoms with van der Waals surface area (Å²) >= 11 is 0. The molecule has 17 heavy (non-hydrogen) atoms. The van der Waals surface area contributed by atoms with Crippen molar-refractivity contribution in [3.63, 3.8) is 0 Å². The normalized spacial score (nSPS) is 13.5. The van der Waals surface area contributed by atoms with Gasteiger partial charge in [-0.1, -0.05) is 13.8 Å². The van der Waals surface area contributed by atoms with E-state index >= 15 is 0 Å². The zero-order valence-electron chi connectivity index (χ0n) is 12.1. The maximum Gasteiger partial charge on any atom is 0.500 e. The molecule has 0 aliphatic carbocycles. The first kappa shape index (κ1) is 16.8. The van der Waals surface area contributed by atoms with Gasteiger partial charge in [0.1, 0.15) is 0 Å². The van der Waals surface area contributed by atoms with E-state index in [-0.39, 0.29) is 0 Å². The van der Waals surface area contributed by atoms with Crippen LogP contribution in [-0.2, 0) is 13.3 Å². The fourth-order valence-electron chi connectivity index (χ4n) is 1.78. The molecule has 0 aromatic rings. The topological polar surface area (TPSA) is 40.0 Å². The molecule has 0 aromatic heterocycles. The highest BCUT2D eigenvalue weighted by Gasteiger charge is 2.36. The first-order valence-electron chi connectivity index (χ1n) is 6.15. The van der Waals surface area contributed by atoms with Crippen molar-refractivity contribution in [1.29, 1.82) is 0 Å². The monoisotopic (exact) mass is 261 g/mol. The average molecular weight is 261 g/mol. The Morgan fingerprint density at radius 2 is 1.65 bits per heavy atom. The molecule has 4 nitrogen and oxygen atoms in total. The molecule has 0 spiro atoms. The highest BCUT2D eigenvalue weighted by molar-refractivity contribution is 6.60. The minimum Gasteiger partial charge on any atom is -0.377 e. The maximum atomic E-state index is 5.35. The molecule has 0 saturated carbocycles. The smallest absolute Gasteiger partial charge is 0.377 e. The van der Waals surface area contributed by atoms with E-state index in [1.165, 1.54) is 5.71 Å². The quantitative estimate of drug-likeness (QED) is 0.364. The van der Waals surface area contributed by atoms with Gasteiger partial charge in [-0.05, 0) is 25.7 Å². The molecule has 0 aliphatic rings. The van der Waals surface area contributed by atoms with Gasteiger partial charge in [0.25, 0.3) is 0 Å². The molecule has 0 aliphatic heterocycles. The maximum absolute atomic E-state index is 5.35. The molecule has 0 amide bonds. The third-order valence-electron chi connectivity index (χ3n) is 2.66. The molecular formula is C12H27NO3Si. The summed E-state index contributed by atoms with van der Waals surface area (Å²) in [5.41, 5.74) is 1.22. The summed E-state index contributed by atoms with van der Waals surface area (Å²) in [6, 6.07) is 0.814. The molecule has 0 aromatic carbocycles. The van der Waals surface area contributed by atoms with Crippen molar-refractivity contribution in [2.24, 2.45) is 10.9 Å². The molecule has 0 saturated heterocycles. The van der Waals surface area contributed by atoms with Crippen molar-refractivity contribution in [1.82, 2.24) is 0 Å². The van der Waals surface area contributed by atoms with E-state index < -0.39 is 8.80 Å². The standard InChI is InChI=1S/C12H27NO3Si/c1-11(2)10-12(3)13-8-7-9-17(14-4,15-5)16-6/h11H,7-10H2,1-6H3. The molecule has 5 heteroatoms. The zero-order chi connectivity index (χ0) is 13.3. The Morgan fingerprint density at radius 1 is 1.12 bits per heavy atom. The van der Waals surface area contributed by atoms with Crippen LogP contribution in [0.1, 0.15) is 33.6 Å². The van der Waals surface area contributed by atoms with Crippen molar-refractivity contribution >= 4 is 14.5 Å². The Morgan fingerprint density at radius 3 is 2.06 bits per heavy atom. The van der Waals surface area contributed by atoms with Crippen molar-refractivity contribution in [2.75, 3.05) is 27.9 Å². The second-order valence-electron chi connectivity index (χ2n) is 4.61. The van der Waals surface area contributed by atoms with Crippen LogP contribution in [0.5, 0.6) is 0 Å². The lowest BCUT2D eigenvalue weighted by Gasteiger charge is -2.23. The van der Waals surface area contributed by atoms with E-state index in [1.807, 2.05) is 0 Å². The SMILES string of the molecule is CO[Si](CCCN=C(C)CC(C)C)(OC)OC. The number of aliphatic imine (C=N–C) groups is 1. The van der Waals surface area contributed by atoms with Crippen LogP contribution in [0.3, 0.4) is 0 Å². The van der Waals surface area contributed by atoms with E-state index in [4.69, 9.17) is 13.3 Å². The Hall–Kier alpha value is -0.233. The Balaban J connectivity index is 3.97. The van der Waals surface area contributed by atoms with E-state index in [0.717, 1.165) is 25.4 Å². The van der Waals surface area contributed by atoms with Crippen molar-refractivity contribution in [3.8, 4) is 0 Å². The van der Waals surface area contributed by atoms with Crippen LogP contribution in [-0.4, -0.2) is 42.4 Å². The lowest BCUT2D eigenvalue weighted by atomic mass is 10.1. The van der Waals surface area contributed by atoms with Crippen molar-refractivity contribution < 1.29 is 13.3 Å². The molecule has 0 N–H and O–H groups in total. The summed E-state index contributed by atoms with van der Waals surface area (Å²) in [6.45, 7) is 7.33. The molecule has 0 bridgehead atoms. The van der Waals surface area contributed by atoms with Crippen LogP contribution < -0.4 is 0 Å². The van der Waals surface area contributed by atoms with Gasteiger partial charge >= 0.3 is 8.80 Å². The van der Waals surface area contributed by atoms with Gasteiger partial charge in [-0.15, -0.1) is 0 Å². The minimum absolute atomic E-state index is 0.671. The van der Waals surface area contributed by atoms with Crippen LogP contribution in [0.2, 0.25) is 6.04 Å². The van der Waals surface area contributed by atoms with E-state index in [2.05, 4.69) is 25.8 Å². The van der Waals surface area contributed by atoms with Crippen LogP contribution in [0.15, 0.2) is 4.99 Å². The van der Waals surface area contributed by atoms with Gasteiger partial charge in [0.15, 0.2) is 0 Å². The first-order chi connectivity index (χ1) is 7.99. The second-order valence-corrected chi connectivity index (χ2v) is 7.70. The fourth-order valence-corrected chi connectivity index (χ4v) is 3.48. The van der Waals surface area contributed by atoms with Crippen molar-refractivity contribution in [2.45, 2.75) is 39.7 Å². The first-order valence-corrected chi connectivity index (χ1v) is 8.08. The predicted octanol–water partition coefficient (Wildman–Crippen LogP) is 2.76. The van der Waals surface area contributed by atoms with E-state index in [9.17, 15) is 0 Å². The minimum atomic E-state index is -2.39. The summed E-state index contributed by atoms with van der Waals surface area (Å²) in [5.74, 6) is 0.671. The molecule has 0 fully saturated rings. The van der Waals surface area contributed by atoms with Gasteiger partial charge in [-0.2, -0.15) is 0 Å². The largest absolute Gasteiger partial charge is 0.500 e. The summed E-state index contributed by atoms with van der Waals surface area (Å²) in [5, 5.41) is 0. The van der Waals surface area contributed by atoms with Gasteiger partial charge in [0.05, 0.1) is 0 Å². The van der Waals surface area contributed by atoms with Crippen LogP contribution >= 0.6 is 0 Å². The second kappa shape index (κ2) is 8.80. The van der Waals surface area contributed by atoms with Gasteiger partial charge in [-0.25, -0.2) is 0 Å². The van der Waals surface area contributed by atoms with Gasteiger partial charge in [0, 0.05) is 39.6 Å². The molecule has 0 rings (SSSR count). The zero-order valence-corrected chi connectivity index (χ0v) is 13.1. The highest BCUT2D eigenvalue weighted by Crippen LogP contribution is 2.15. The van der Waals surface area contributed by atoms with Gasteiger partial charge in [0.2, 0.25) is 0 Å². The van der Waals surface area contributed by atoms with E-state index in [0.29, 0.717) is 5.92 Å². The third kappa shape index (κ3) is 6.93.